The van der Waals surface area contributed by atoms with E-state index in [1.54, 1.807) is 11.8 Å². The van der Waals surface area contributed by atoms with E-state index in [1.165, 1.54) is 4.90 Å². The van der Waals surface area contributed by atoms with Gasteiger partial charge < -0.3 is 9.47 Å². The van der Waals surface area contributed by atoms with Gasteiger partial charge in [0.25, 0.3) is 0 Å². The molecule has 1 aliphatic rings. The first-order valence-corrected chi connectivity index (χ1v) is 6.23. The maximum Gasteiger partial charge on any atom is 0.158 e. The van der Waals surface area contributed by atoms with Crippen molar-refractivity contribution in [3.05, 3.63) is 29.8 Å². The molecule has 1 aromatic carbocycles. The predicted octanol–water partition coefficient (Wildman–Crippen LogP) is 2.41. The number of nitriles is 1. The molecule has 0 bridgehead atoms. The van der Waals surface area contributed by atoms with Gasteiger partial charge in [-0.15, -0.1) is 11.8 Å². The molecule has 0 saturated carbocycles. The first-order chi connectivity index (χ1) is 7.88. The zero-order valence-corrected chi connectivity index (χ0v) is 9.70. The number of benzene rings is 1. The third-order valence-electron chi connectivity index (χ3n) is 2.30. The third kappa shape index (κ3) is 3.24. The van der Waals surface area contributed by atoms with Gasteiger partial charge in [0, 0.05) is 17.1 Å². The molecule has 0 aromatic heterocycles. The molecule has 1 aliphatic heterocycles. The highest BCUT2D eigenvalue weighted by Crippen LogP contribution is 2.21. The van der Waals surface area contributed by atoms with E-state index in [9.17, 15) is 0 Å². The lowest BCUT2D eigenvalue weighted by atomic mass is 10.2. The van der Waals surface area contributed by atoms with Crippen LogP contribution >= 0.6 is 11.8 Å². The lowest BCUT2D eigenvalue weighted by Gasteiger charge is -2.07. The van der Waals surface area contributed by atoms with Crippen molar-refractivity contribution in [2.75, 3.05) is 19.0 Å². The first-order valence-electron chi connectivity index (χ1n) is 5.24. The second-order valence-corrected chi connectivity index (χ2v) is 4.61. The highest BCUT2D eigenvalue weighted by atomic mass is 32.2. The van der Waals surface area contributed by atoms with Crippen molar-refractivity contribution in [3.8, 4) is 6.07 Å². The van der Waals surface area contributed by atoms with Crippen LogP contribution in [0.3, 0.4) is 0 Å². The highest BCUT2D eigenvalue weighted by molar-refractivity contribution is 7.99. The first kappa shape index (κ1) is 11.5. The van der Waals surface area contributed by atoms with E-state index >= 15 is 0 Å². The summed E-state index contributed by atoms with van der Waals surface area (Å²) in [4.78, 5) is 1.18. The minimum atomic E-state index is -0.0223. The molecule has 1 aromatic rings. The van der Waals surface area contributed by atoms with E-state index in [-0.39, 0.29) is 6.29 Å². The molecule has 1 heterocycles. The number of rotatable bonds is 4. The van der Waals surface area contributed by atoms with Gasteiger partial charge in [-0.3, -0.25) is 0 Å². The third-order valence-corrected chi connectivity index (χ3v) is 3.34. The summed E-state index contributed by atoms with van der Waals surface area (Å²) >= 11 is 1.76. The normalized spacial score (nSPS) is 16.2. The van der Waals surface area contributed by atoms with Crippen molar-refractivity contribution in [1.82, 2.24) is 0 Å². The summed E-state index contributed by atoms with van der Waals surface area (Å²) < 4.78 is 10.7. The molecule has 16 heavy (non-hydrogen) atoms. The van der Waals surface area contributed by atoms with E-state index in [4.69, 9.17) is 14.7 Å². The smallest absolute Gasteiger partial charge is 0.158 e. The van der Waals surface area contributed by atoms with Crippen LogP contribution in [0.15, 0.2) is 29.2 Å². The van der Waals surface area contributed by atoms with Gasteiger partial charge in [-0.2, -0.15) is 5.26 Å². The summed E-state index contributed by atoms with van der Waals surface area (Å²) in [6, 6.07) is 9.73. The number of thioether (sulfide) groups is 1. The minimum absolute atomic E-state index is 0.0223. The fourth-order valence-corrected chi connectivity index (χ4v) is 2.35. The average molecular weight is 235 g/mol. The van der Waals surface area contributed by atoms with Crippen LogP contribution in [0.4, 0.5) is 0 Å². The summed E-state index contributed by atoms with van der Waals surface area (Å²) in [6.07, 6.45) is 0.885. The average Bonchev–Trinajstić information content (AvgIpc) is 2.83. The number of hydrogen-bond donors (Lipinski definition) is 0. The second-order valence-electron chi connectivity index (χ2n) is 3.44. The number of nitrogens with zero attached hydrogens (tertiary/aromatic N) is 1. The molecule has 3 nitrogen and oxygen atoms in total. The Balaban J connectivity index is 1.74. The van der Waals surface area contributed by atoms with Gasteiger partial charge >= 0.3 is 0 Å². The lowest BCUT2D eigenvalue weighted by Crippen LogP contribution is -2.08. The lowest BCUT2D eigenvalue weighted by molar-refractivity contribution is -0.0421. The van der Waals surface area contributed by atoms with Gasteiger partial charge in [-0.05, 0) is 24.3 Å². The second kappa shape index (κ2) is 5.90. The zero-order valence-electron chi connectivity index (χ0n) is 8.89. The van der Waals surface area contributed by atoms with Crippen LogP contribution in [0.25, 0.3) is 0 Å². The molecule has 2 rings (SSSR count). The SMILES string of the molecule is N#Cc1ccc(SCCC2OCCO2)cc1. The predicted molar refractivity (Wildman–Crippen MR) is 62.2 cm³/mol. The Bertz CT molecular complexity index is 366. The molecular formula is C12H13NO2S. The van der Waals surface area contributed by atoms with Crippen molar-refractivity contribution in [3.63, 3.8) is 0 Å². The van der Waals surface area contributed by atoms with Crippen LogP contribution in [0.5, 0.6) is 0 Å². The minimum Gasteiger partial charge on any atom is -0.350 e. The van der Waals surface area contributed by atoms with Crippen LogP contribution in [0, 0.1) is 11.3 Å². The molecule has 0 spiro atoms. The van der Waals surface area contributed by atoms with Gasteiger partial charge in [-0.1, -0.05) is 0 Å². The topological polar surface area (TPSA) is 42.2 Å². The van der Waals surface area contributed by atoms with Crippen LogP contribution in [-0.2, 0) is 9.47 Å². The van der Waals surface area contributed by atoms with E-state index in [0.29, 0.717) is 18.8 Å². The molecule has 1 fully saturated rings. The fourth-order valence-electron chi connectivity index (χ4n) is 1.47. The van der Waals surface area contributed by atoms with E-state index in [0.717, 1.165) is 12.2 Å². The molecule has 0 unspecified atom stereocenters. The Morgan fingerprint density at radius 2 is 1.94 bits per heavy atom. The summed E-state index contributed by atoms with van der Waals surface area (Å²) in [5.41, 5.74) is 0.701. The quantitative estimate of drug-likeness (QED) is 0.752. The number of ether oxygens (including phenoxy) is 2. The van der Waals surface area contributed by atoms with Crippen molar-refractivity contribution in [2.24, 2.45) is 0 Å². The molecule has 4 heteroatoms. The Labute approximate surface area is 99.4 Å². The van der Waals surface area contributed by atoms with E-state index < -0.39 is 0 Å². The van der Waals surface area contributed by atoms with Crippen molar-refractivity contribution in [2.45, 2.75) is 17.6 Å². The fraction of sp³-hybridized carbons (Fsp3) is 0.417. The molecule has 1 saturated heterocycles. The Kier molecular flexibility index (Phi) is 4.23. The van der Waals surface area contributed by atoms with Crippen molar-refractivity contribution >= 4 is 11.8 Å². The molecule has 84 valence electrons. The van der Waals surface area contributed by atoms with Crippen LogP contribution in [-0.4, -0.2) is 25.3 Å². The highest BCUT2D eigenvalue weighted by Gasteiger charge is 2.14. The molecule has 0 aliphatic carbocycles. The zero-order chi connectivity index (χ0) is 11.2. The number of hydrogen-bond acceptors (Lipinski definition) is 4. The maximum absolute atomic E-state index is 8.66. The Morgan fingerprint density at radius 3 is 2.56 bits per heavy atom. The van der Waals surface area contributed by atoms with Gasteiger partial charge in [0.05, 0.1) is 24.8 Å². The van der Waals surface area contributed by atoms with Crippen LogP contribution in [0.2, 0.25) is 0 Å². The molecule has 0 atom stereocenters. The van der Waals surface area contributed by atoms with E-state index in [2.05, 4.69) is 6.07 Å². The molecule has 0 N–H and O–H groups in total. The largest absolute Gasteiger partial charge is 0.350 e. The van der Waals surface area contributed by atoms with Crippen molar-refractivity contribution in [1.29, 1.82) is 5.26 Å². The van der Waals surface area contributed by atoms with Gasteiger partial charge in [-0.25, -0.2) is 0 Å². The van der Waals surface area contributed by atoms with Crippen LogP contribution < -0.4 is 0 Å². The van der Waals surface area contributed by atoms with Crippen molar-refractivity contribution < 1.29 is 9.47 Å². The monoisotopic (exact) mass is 235 g/mol. The Morgan fingerprint density at radius 1 is 1.25 bits per heavy atom. The standard InChI is InChI=1S/C12H13NO2S/c13-9-10-1-3-11(4-2-10)16-8-5-12-14-6-7-15-12/h1-4,12H,5-8H2. The van der Waals surface area contributed by atoms with Gasteiger partial charge in [0.15, 0.2) is 6.29 Å². The summed E-state index contributed by atoms with van der Waals surface area (Å²) in [6.45, 7) is 1.43. The summed E-state index contributed by atoms with van der Waals surface area (Å²) in [7, 11) is 0. The summed E-state index contributed by atoms with van der Waals surface area (Å²) in [5, 5.41) is 8.66. The van der Waals surface area contributed by atoms with E-state index in [1.807, 2.05) is 24.3 Å². The molecule has 0 radical (unpaired) electrons. The Hall–Kier alpha value is -1.02. The molecular weight excluding hydrogens is 222 g/mol. The van der Waals surface area contributed by atoms with Gasteiger partial charge in [0.2, 0.25) is 0 Å². The molecule has 0 amide bonds. The van der Waals surface area contributed by atoms with Gasteiger partial charge in [0.1, 0.15) is 0 Å². The summed E-state index contributed by atoms with van der Waals surface area (Å²) in [5.74, 6) is 0.969. The van der Waals surface area contributed by atoms with Crippen LogP contribution in [0.1, 0.15) is 12.0 Å². The maximum atomic E-state index is 8.66.